The lowest BCUT2D eigenvalue weighted by atomic mass is 10.0. The summed E-state index contributed by atoms with van der Waals surface area (Å²) in [7, 11) is 0. The van der Waals surface area contributed by atoms with Gasteiger partial charge in [0.2, 0.25) is 5.91 Å². The van der Waals surface area contributed by atoms with E-state index in [2.05, 4.69) is 20.9 Å². The highest BCUT2D eigenvalue weighted by Gasteiger charge is 2.24. The first kappa shape index (κ1) is 22.6. The first-order chi connectivity index (χ1) is 15.0. The molecule has 0 bridgehead atoms. The average Bonchev–Trinajstić information content (AvgIpc) is 3.27. The molecule has 1 saturated heterocycles. The molecule has 31 heavy (non-hydrogen) atoms. The number of hydrogen-bond acceptors (Lipinski definition) is 4. The van der Waals surface area contributed by atoms with Crippen molar-refractivity contribution in [3.63, 3.8) is 0 Å². The normalized spacial score (nSPS) is 14.8. The third-order valence-corrected chi connectivity index (χ3v) is 5.25. The van der Waals surface area contributed by atoms with Crippen LogP contribution in [0.1, 0.15) is 26.7 Å². The summed E-state index contributed by atoms with van der Waals surface area (Å²) in [6.07, 6.45) is 2.45. The quantitative estimate of drug-likeness (QED) is 0.571. The third kappa shape index (κ3) is 7.29. The molecule has 1 aliphatic heterocycles. The van der Waals surface area contributed by atoms with Gasteiger partial charge in [-0.05, 0) is 68.2 Å². The van der Waals surface area contributed by atoms with Gasteiger partial charge in [0.25, 0.3) is 0 Å². The third-order valence-electron chi connectivity index (χ3n) is 5.25. The highest BCUT2D eigenvalue weighted by atomic mass is 16.5. The molecular formula is C24H32N4O3. The zero-order chi connectivity index (χ0) is 22.1. The zero-order valence-electron chi connectivity index (χ0n) is 18.3. The van der Waals surface area contributed by atoms with Gasteiger partial charge in [-0.1, -0.05) is 32.0 Å². The van der Waals surface area contributed by atoms with Gasteiger partial charge in [0.1, 0.15) is 17.5 Å². The van der Waals surface area contributed by atoms with E-state index in [1.165, 1.54) is 12.8 Å². The van der Waals surface area contributed by atoms with E-state index in [1.807, 2.05) is 44.2 Å². The van der Waals surface area contributed by atoms with Gasteiger partial charge in [-0.2, -0.15) is 0 Å². The summed E-state index contributed by atoms with van der Waals surface area (Å²) in [6.45, 7) is 7.47. The molecule has 166 valence electrons. The van der Waals surface area contributed by atoms with E-state index in [-0.39, 0.29) is 11.8 Å². The average molecular weight is 425 g/mol. The number of anilines is 1. The Balaban J connectivity index is 1.47. The Morgan fingerprint density at radius 1 is 0.968 bits per heavy atom. The minimum Gasteiger partial charge on any atom is -0.457 e. The molecule has 0 aliphatic carbocycles. The Morgan fingerprint density at radius 3 is 2.26 bits per heavy atom. The monoisotopic (exact) mass is 424 g/mol. The number of carbonyl (C=O) groups excluding carboxylic acids is 2. The summed E-state index contributed by atoms with van der Waals surface area (Å²) < 4.78 is 5.76. The van der Waals surface area contributed by atoms with E-state index in [0.29, 0.717) is 18.0 Å². The molecule has 0 radical (unpaired) electrons. The van der Waals surface area contributed by atoms with Crippen LogP contribution < -0.4 is 20.7 Å². The molecular weight excluding hydrogens is 392 g/mol. The van der Waals surface area contributed by atoms with E-state index in [9.17, 15) is 9.59 Å². The summed E-state index contributed by atoms with van der Waals surface area (Å²) in [6, 6.07) is 15.6. The molecule has 0 aromatic heterocycles. The number of likely N-dealkylation sites (tertiary alicyclic amines) is 1. The van der Waals surface area contributed by atoms with Gasteiger partial charge in [0.05, 0.1) is 0 Å². The zero-order valence-corrected chi connectivity index (χ0v) is 18.3. The van der Waals surface area contributed by atoms with Gasteiger partial charge in [-0.15, -0.1) is 0 Å². The van der Waals surface area contributed by atoms with Crippen LogP contribution in [0.15, 0.2) is 54.6 Å². The minimum absolute atomic E-state index is 0.0285. The van der Waals surface area contributed by atoms with Crippen molar-refractivity contribution in [3.8, 4) is 11.5 Å². The van der Waals surface area contributed by atoms with Gasteiger partial charge in [-0.25, -0.2) is 4.79 Å². The standard InChI is InChI=1S/C24H32N4O3/c1-18(2)22(23(29)25-14-17-28-15-6-7-16-28)27-24(30)26-19-10-12-21(13-11-19)31-20-8-4-3-5-9-20/h3-5,8-13,18,22H,6-7,14-17H2,1-2H3,(H,25,29)(H2,26,27,30). The Hall–Kier alpha value is -3.06. The highest BCUT2D eigenvalue weighted by molar-refractivity contribution is 5.93. The first-order valence-corrected chi connectivity index (χ1v) is 10.9. The number of nitrogens with one attached hydrogen (secondary N) is 3. The maximum Gasteiger partial charge on any atom is 0.319 e. The van der Waals surface area contributed by atoms with Crippen LogP contribution in [-0.4, -0.2) is 49.1 Å². The predicted molar refractivity (Wildman–Crippen MR) is 122 cm³/mol. The number of rotatable bonds is 9. The van der Waals surface area contributed by atoms with Crippen LogP contribution >= 0.6 is 0 Å². The van der Waals surface area contributed by atoms with Gasteiger partial charge in [-0.3, -0.25) is 4.79 Å². The smallest absolute Gasteiger partial charge is 0.319 e. The van der Waals surface area contributed by atoms with Crippen LogP contribution in [0.2, 0.25) is 0 Å². The Kier molecular flexibility index (Phi) is 8.29. The number of urea groups is 1. The van der Waals surface area contributed by atoms with Gasteiger partial charge >= 0.3 is 6.03 Å². The van der Waals surface area contributed by atoms with E-state index in [1.54, 1.807) is 24.3 Å². The highest BCUT2D eigenvalue weighted by Crippen LogP contribution is 2.22. The number of nitrogens with zero attached hydrogens (tertiary/aromatic N) is 1. The molecule has 3 rings (SSSR count). The fourth-order valence-electron chi connectivity index (χ4n) is 3.53. The topological polar surface area (TPSA) is 82.7 Å². The largest absolute Gasteiger partial charge is 0.457 e. The molecule has 3 N–H and O–H groups in total. The summed E-state index contributed by atoms with van der Waals surface area (Å²) in [4.78, 5) is 27.4. The van der Waals surface area contributed by atoms with Crippen molar-refractivity contribution in [1.29, 1.82) is 0 Å². The van der Waals surface area contributed by atoms with Crippen molar-refractivity contribution >= 4 is 17.6 Å². The van der Waals surface area contributed by atoms with Gasteiger partial charge in [0, 0.05) is 18.8 Å². The number of benzene rings is 2. The van der Waals surface area contributed by atoms with Crippen LogP contribution in [-0.2, 0) is 4.79 Å². The molecule has 2 aromatic carbocycles. The molecule has 1 aliphatic rings. The Morgan fingerprint density at radius 2 is 1.61 bits per heavy atom. The minimum atomic E-state index is -0.598. The SMILES string of the molecule is CC(C)C(NC(=O)Nc1ccc(Oc2ccccc2)cc1)C(=O)NCCN1CCCC1. The Labute approximate surface area is 184 Å². The number of carbonyl (C=O) groups is 2. The summed E-state index contributed by atoms with van der Waals surface area (Å²) in [5, 5.41) is 8.52. The lowest BCUT2D eigenvalue weighted by Crippen LogP contribution is -2.51. The predicted octanol–water partition coefficient (Wildman–Crippen LogP) is 3.84. The molecule has 1 unspecified atom stereocenters. The lowest BCUT2D eigenvalue weighted by molar-refractivity contribution is -0.123. The van der Waals surface area contributed by atoms with Crippen molar-refractivity contribution in [3.05, 3.63) is 54.6 Å². The van der Waals surface area contributed by atoms with Gasteiger partial charge < -0.3 is 25.6 Å². The Bertz CT molecular complexity index is 834. The van der Waals surface area contributed by atoms with Crippen LogP contribution in [0.5, 0.6) is 11.5 Å². The van der Waals surface area contributed by atoms with Crippen LogP contribution in [0.4, 0.5) is 10.5 Å². The van der Waals surface area contributed by atoms with E-state index < -0.39 is 12.1 Å². The first-order valence-electron chi connectivity index (χ1n) is 10.9. The summed E-state index contributed by atoms with van der Waals surface area (Å²) >= 11 is 0. The maximum atomic E-state index is 12.6. The van der Waals surface area contributed by atoms with Crippen molar-refractivity contribution in [1.82, 2.24) is 15.5 Å². The number of hydrogen-bond donors (Lipinski definition) is 3. The van der Waals surface area contributed by atoms with Crippen molar-refractivity contribution < 1.29 is 14.3 Å². The maximum absolute atomic E-state index is 12.6. The summed E-state index contributed by atoms with van der Waals surface area (Å²) in [5.74, 6) is 1.24. The molecule has 1 atom stereocenters. The second-order valence-electron chi connectivity index (χ2n) is 8.10. The number of ether oxygens (including phenoxy) is 1. The van der Waals surface area contributed by atoms with Crippen LogP contribution in [0, 0.1) is 5.92 Å². The molecule has 7 nitrogen and oxygen atoms in total. The lowest BCUT2D eigenvalue weighted by Gasteiger charge is -2.23. The molecule has 1 heterocycles. The summed E-state index contributed by atoms with van der Waals surface area (Å²) in [5.41, 5.74) is 0.620. The van der Waals surface area contributed by atoms with Crippen molar-refractivity contribution in [2.45, 2.75) is 32.7 Å². The van der Waals surface area contributed by atoms with Crippen LogP contribution in [0.25, 0.3) is 0 Å². The second-order valence-corrected chi connectivity index (χ2v) is 8.10. The van der Waals surface area contributed by atoms with Crippen LogP contribution in [0.3, 0.4) is 0 Å². The van der Waals surface area contributed by atoms with Crippen molar-refractivity contribution in [2.75, 3.05) is 31.5 Å². The molecule has 0 spiro atoms. The van der Waals surface area contributed by atoms with Crippen molar-refractivity contribution in [2.24, 2.45) is 5.92 Å². The van der Waals surface area contributed by atoms with E-state index in [0.717, 1.165) is 25.4 Å². The molecule has 0 saturated carbocycles. The second kappa shape index (κ2) is 11.4. The fraction of sp³-hybridized carbons (Fsp3) is 0.417. The fourth-order valence-corrected chi connectivity index (χ4v) is 3.53. The molecule has 2 aromatic rings. The molecule has 3 amide bonds. The van der Waals surface area contributed by atoms with E-state index in [4.69, 9.17) is 4.74 Å². The van der Waals surface area contributed by atoms with E-state index >= 15 is 0 Å². The molecule has 1 fully saturated rings. The number of para-hydroxylation sites is 1. The molecule has 7 heteroatoms. The van der Waals surface area contributed by atoms with Gasteiger partial charge in [0.15, 0.2) is 0 Å². The number of amides is 3.